The Morgan fingerprint density at radius 3 is 2.65 bits per heavy atom. The fourth-order valence-corrected chi connectivity index (χ4v) is 5.18. The molecule has 4 aromatic rings. The quantitative estimate of drug-likeness (QED) is 0.360. The van der Waals surface area contributed by atoms with Crippen LogP contribution in [0.25, 0.3) is 10.9 Å². The number of aromatic carboxylic acids is 1. The zero-order valence-corrected chi connectivity index (χ0v) is 20.3. The van der Waals surface area contributed by atoms with Crippen LogP contribution in [0.4, 0.5) is 13.2 Å². The average molecular weight is 514 g/mol. The number of nitrogens with zero attached hydrogens (tertiary/aromatic N) is 4. The lowest BCUT2D eigenvalue weighted by Gasteiger charge is -2.40. The summed E-state index contributed by atoms with van der Waals surface area (Å²) in [5.74, 6) is -1.42. The fourth-order valence-electron chi connectivity index (χ4n) is 5.18. The lowest BCUT2D eigenvalue weighted by atomic mass is 9.90. The van der Waals surface area contributed by atoms with Crippen LogP contribution in [0.2, 0.25) is 0 Å². The number of aromatic amines is 1. The second-order valence-electron chi connectivity index (χ2n) is 9.28. The lowest BCUT2D eigenvalue weighted by molar-refractivity contribution is -0.145. The zero-order valence-electron chi connectivity index (χ0n) is 20.3. The first-order chi connectivity index (χ1) is 17.7. The van der Waals surface area contributed by atoms with Gasteiger partial charge in [0.1, 0.15) is 12.1 Å². The van der Waals surface area contributed by atoms with Gasteiger partial charge in [0, 0.05) is 41.8 Å². The third kappa shape index (κ3) is 4.78. The molecule has 5 rings (SSSR count). The molecule has 0 spiro atoms. The molecule has 1 aliphatic rings. The maximum Gasteiger partial charge on any atom is 0.453 e. The second-order valence-corrected chi connectivity index (χ2v) is 9.28. The molecule has 3 heterocycles. The molecule has 11 heteroatoms. The number of carboxylic acids is 1. The number of aromatic nitrogens is 4. The van der Waals surface area contributed by atoms with Gasteiger partial charge in [0.2, 0.25) is 0 Å². The van der Waals surface area contributed by atoms with E-state index in [-0.39, 0.29) is 17.6 Å². The molecule has 194 valence electrons. The Labute approximate surface area is 210 Å². The van der Waals surface area contributed by atoms with E-state index in [1.54, 1.807) is 31.4 Å². The van der Waals surface area contributed by atoms with Crippen LogP contribution in [-0.4, -0.2) is 49.4 Å². The summed E-state index contributed by atoms with van der Waals surface area (Å²) in [7, 11) is 1.63. The minimum atomic E-state index is -4.61. The first-order valence-corrected chi connectivity index (χ1v) is 11.8. The molecule has 0 amide bonds. The van der Waals surface area contributed by atoms with Crippen molar-refractivity contribution in [2.75, 3.05) is 13.7 Å². The summed E-state index contributed by atoms with van der Waals surface area (Å²) in [6.45, 7) is 3.14. The summed E-state index contributed by atoms with van der Waals surface area (Å²) in [6, 6.07) is 10.1. The number of halogens is 3. The van der Waals surface area contributed by atoms with E-state index in [1.807, 2.05) is 25.3 Å². The van der Waals surface area contributed by atoms with E-state index in [1.165, 1.54) is 4.68 Å². The van der Waals surface area contributed by atoms with Gasteiger partial charge in [-0.15, -0.1) is 5.10 Å². The molecule has 1 aliphatic heterocycles. The number of alkyl halides is 3. The Bertz CT molecular complexity index is 1430. The topological polar surface area (TPSA) is 96.3 Å². The maximum absolute atomic E-state index is 13.1. The number of piperidine rings is 1. The Balaban J connectivity index is 1.50. The van der Waals surface area contributed by atoms with Crippen molar-refractivity contribution in [3.63, 3.8) is 0 Å². The summed E-state index contributed by atoms with van der Waals surface area (Å²) in [5, 5.41) is 14.1. The van der Waals surface area contributed by atoms with Crippen LogP contribution in [0, 0.1) is 6.92 Å². The van der Waals surface area contributed by atoms with E-state index < -0.39 is 18.0 Å². The van der Waals surface area contributed by atoms with Gasteiger partial charge in [-0.2, -0.15) is 13.2 Å². The number of fused-ring (bicyclic) bond motifs is 1. The van der Waals surface area contributed by atoms with Crippen LogP contribution in [0.5, 0.6) is 5.75 Å². The van der Waals surface area contributed by atoms with E-state index in [0.29, 0.717) is 25.9 Å². The summed E-state index contributed by atoms with van der Waals surface area (Å²) < 4.78 is 46.3. The largest absolute Gasteiger partial charge is 0.496 e. The number of carbonyl (C=O) groups is 1. The number of methoxy groups -OCH3 is 1. The van der Waals surface area contributed by atoms with Crippen LogP contribution in [0.1, 0.15) is 57.8 Å². The first kappa shape index (κ1) is 24.8. The number of carboxylic acid groups (broad SMARTS) is 1. The number of ether oxygens (including phenoxy) is 1. The van der Waals surface area contributed by atoms with Crippen LogP contribution < -0.4 is 4.74 Å². The van der Waals surface area contributed by atoms with E-state index in [2.05, 4.69) is 20.0 Å². The van der Waals surface area contributed by atoms with Crippen molar-refractivity contribution >= 4 is 16.9 Å². The van der Waals surface area contributed by atoms with Gasteiger partial charge >= 0.3 is 12.1 Å². The molecule has 1 saturated heterocycles. The molecular formula is C26H26F3N5O3. The Kier molecular flexibility index (Phi) is 6.40. The van der Waals surface area contributed by atoms with Gasteiger partial charge < -0.3 is 14.8 Å². The standard InChI is InChI=1S/C26H26F3N5O3/c1-15-11-22(37-2)20(19-7-9-30-23(15)19)13-33-10-8-18(34-14-31-25(32-34)26(27,28)29)12-21(33)16-3-5-17(6-4-16)24(35)36/h3-7,9,11,14,18,21,30H,8,10,12-13H2,1-2H3,(H,35,36)/t18-,21?/m1/s1. The van der Waals surface area contributed by atoms with Gasteiger partial charge in [-0.3, -0.25) is 4.90 Å². The number of benzene rings is 2. The van der Waals surface area contributed by atoms with Gasteiger partial charge in [-0.05, 0) is 55.2 Å². The van der Waals surface area contributed by atoms with Gasteiger partial charge in [0.15, 0.2) is 0 Å². The molecule has 2 N–H and O–H groups in total. The number of hydrogen-bond acceptors (Lipinski definition) is 5. The molecule has 2 aromatic carbocycles. The number of H-pyrrole nitrogens is 1. The molecule has 1 unspecified atom stereocenters. The maximum atomic E-state index is 13.1. The number of hydrogen-bond donors (Lipinski definition) is 2. The third-order valence-corrected chi connectivity index (χ3v) is 7.06. The van der Waals surface area contributed by atoms with E-state index >= 15 is 0 Å². The summed E-state index contributed by atoms with van der Waals surface area (Å²) in [4.78, 5) is 20.4. The third-order valence-electron chi connectivity index (χ3n) is 7.06. The Morgan fingerprint density at radius 2 is 2.00 bits per heavy atom. The highest BCUT2D eigenvalue weighted by atomic mass is 19.4. The highest BCUT2D eigenvalue weighted by Gasteiger charge is 2.38. The van der Waals surface area contributed by atoms with Crippen molar-refractivity contribution in [2.24, 2.45) is 0 Å². The molecule has 8 nitrogen and oxygen atoms in total. The summed E-state index contributed by atoms with van der Waals surface area (Å²) >= 11 is 0. The molecule has 1 fully saturated rings. The molecule has 0 bridgehead atoms. The molecular weight excluding hydrogens is 487 g/mol. The van der Waals surface area contributed by atoms with E-state index in [0.717, 1.165) is 39.7 Å². The van der Waals surface area contributed by atoms with Gasteiger partial charge in [0.25, 0.3) is 5.82 Å². The predicted octanol–water partition coefficient (Wildman–Crippen LogP) is 5.37. The van der Waals surface area contributed by atoms with Crippen LogP contribution >= 0.6 is 0 Å². The SMILES string of the molecule is COc1cc(C)c2[nH]ccc2c1CN1CC[C@@H](n2cnc(C(F)(F)F)n2)CC1c1ccc(C(=O)O)cc1. The number of nitrogens with one attached hydrogen (secondary N) is 1. The molecule has 2 atom stereocenters. The van der Waals surface area contributed by atoms with E-state index in [4.69, 9.17) is 4.74 Å². The molecule has 0 radical (unpaired) electrons. The van der Waals surface area contributed by atoms with Gasteiger partial charge in [-0.25, -0.2) is 14.5 Å². The molecule has 37 heavy (non-hydrogen) atoms. The smallest absolute Gasteiger partial charge is 0.453 e. The fraction of sp³-hybridized carbons (Fsp3) is 0.346. The highest BCUT2D eigenvalue weighted by molar-refractivity contribution is 5.88. The molecule has 0 aliphatic carbocycles. The molecule has 2 aromatic heterocycles. The van der Waals surface area contributed by atoms with Crippen molar-refractivity contribution in [1.29, 1.82) is 0 Å². The van der Waals surface area contributed by atoms with Crippen LogP contribution in [0.15, 0.2) is 48.9 Å². The van der Waals surface area contributed by atoms with Crippen molar-refractivity contribution in [3.05, 3.63) is 77.0 Å². The summed E-state index contributed by atoms with van der Waals surface area (Å²) in [6.07, 6.45) is -0.522. The normalized spacial score (nSPS) is 18.8. The van der Waals surface area contributed by atoms with Crippen molar-refractivity contribution in [1.82, 2.24) is 24.6 Å². The van der Waals surface area contributed by atoms with Crippen LogP contribution in [-0.2, 0) is 12.7 Å². The average Bonchev–Trinajstić information content (AvgIpc) is 3.56. The highest BCUT2D eigenvalue weighted by Crippen LogP contribution is 2.40. The van der Waals surface area contributed by atoms with Crippen molar-refractivity contribution in [2.45, 2.75) is 44.6 Å². The van der Waals surface area contributed by atoms with Crippen LogP contribution in [0.3, 0.4) is 0 Å². The van der Waals surface area contributed by atoms with Crippen molar-refractivity contribution in [3.8, 4) is 5.75 Å². The summed E-state index contributed by atoms with van der Waals surface area (Å²) in [5.41, 5.74) is 4.14. The van der Waals surface area contributed by atoms with E-state index in [9.17, 15) is 23.1 Å². The zero-order chi connectivity index (χ0) is 26.3. The number of likely N-dealkylation sites (tertiary alicyclic amines) is 1. The molecule has 0 saturated carbocycles. The monoisotopic (exact) mass is 513 g/mol. The van der Waals surface area contributed by atoms with Gasteiger partial charge in [0.05, 0.1) is 18.7 Å². The Morgan fingerprint density at radius 1 is 1.24 bits per heavy atom. The van der Waals surface area contributed by atoms with Crippen molar-refractivity contribution < 1.29 is 27.8 Å². The number of rotatable bonds is 6. The minimum absolute atomic E-state index is 0.169. The Hall–Kier alpha value is -3.86. The van der Waals surface area contributed by atoms with Gasteiger partial charge in [-0.1, -0.05) is 12.1 Å². The predicted molar refractivity (Wildman–Crippen MR) is 129 cm³/mol. The second kappa shape index (κ2) is 9.55. The lowest BCUT2D eigenvalue weighted by Crippen LogP contribution is -2.37. The minimum Gasteiger partial charge on any atom is -0.496 e. The number of aryl methyl sites for hydroxylation is 1. The first-order valence-electron chi connectivity index (χ1n) is 11.8.